The van der Waals surface area contributed by atoms with Crippen LogP contribution in [0.4, 0.5) is 0 Å². The number of benzene rings is 1. The molecule has 1 aliphatic heterocycles. The van der Waals surface area contributed by atoms with Gasteiger partial charge in [0.2, 0.25) is 11.8 Å². The Bertz CT molecular complexity index is 1200. The predicted octanol–water partition coefficient (Wildman–Crippen LogP) is 2.89. The number of rotatable bonds is 8. The van der Waals surface area contributed by atoms with E-state index in [1.54, 1.807) is 17.4 Å². The van der Waals surface area contributed by atoms with Gasteiger partial charge in [-0.3, -0.25) is 9.59 Å². The number of aryl methyl sites for hydroxylation is 1. The summed E-state index contributed by atoms with van der Waals surface area (Å²) in [5.41, 5.74) is 4.86. The number of nitrogens with zero attached hydrogens (tertiary/aromatic N) is 3. The second-order valence-electron chi connectivity index (χ2n) is 9.16. The number of carbonyl (C=O) groups excluding carboxylic acids is 2. The van der Waals surface area contributed by atoms with E-state index in [4.69, 9.17) is 9.26 Å². The first-order valence-corrected chi connectivity index (χ1v) is 12.6. The van der Waals surface area contributed by atoms with Crippen LogP contribution in [-0.2, 0) is 16.1 Å². The van der Waals surface area contributed by atoms with E-state index in [0.717, 1.165) is 34.5 Å². The predicted molar refractivity (Wildman–Crippen MR) is 129 cm³/mol. The zero-order valence-corrected chi connectivity index (χ0v) is 20.5. The first kappa shape index (κ1) is 23.5. The normalized spacial score (nSPS) is 20.6. The number of hydrogen-bond acceptors (Lipinski definition) is 8. The molecular weight excluding hydrogens is 468 g/mol. The minimum atomic E-state index is -0.749. The molecule has 10 heteroatoms. The van der Waals surface area contributed by atoms with Gasteiger partial charge in [-0.25, -0.2) is 4.98 Å². The molecule has 1 aliphatic carbocycles. The van der Waals surface area contributed by atoms with Crippen LogP contribution in [0.5, 0.6) is 5.88 Å². The van der Waals surface area contributed by atoms with Crippen LogP contribution in [0.3, 0.4) is 0 Å². The number of aromatic nitrogens is 2. The largest absolute Gasteiger partial charge is 0.479 e. The van der Waals surface area contributed by atoms with Gasteiger partial charge in [0.1, 0.15) is 12.0 Å². The fourth-order valence-corrected chi connectivity index (χ4v) is 5.46. The molecule has 1 aromatic carbocycles. The average molecular weight is 497 g/mol. The van der Waals surface area contributed by atoms with Gasteiger partial charge >= 0.3 is 0 Å². The summed E-state index contributed by atoms with van der Waals surface area (Å²) in [4.78, 5) is 33.5. The van der Waals surface area contributed by atoms with Gasteiger partial charge in [-0.1, -0.05) is 24.3 Å². The monoisotopic (exact) mass is 496 g/mol. The first-order chi connectivity index (χ1) is 16.9. The molecule has 2 fully saturated rings. The molecule has 0 bridgehead atoms. The molecule has 1 saturated heterocycles. The molecule has 9 nitrogen and oxygen atoms in total. The number of likely N-dealkylation sites (tertiary alicyclic amines) is 1. The maximum atomic E-state index is 13.5. The second-order valence-corrected chi connectivity index (χ2v) is 10.0. The molecule has 2 amide bonds. The lowest BCUT2D eigenvalue weighted by atomic mass is 9.98. The van der Waals surface area contributed by atoms with Gasteiger partial charge in [-0.05, 0) is 42.0 Å². The summed E-state index contributed by atoms with van der Waals surface area (Å²) in [6.07, 6.45) is 1.27. The highest BCUT2D eigenvalue weighted by Gasteiger charge is 2.47. The van der Waals surface area contributed by atoms with Crippen molar-refractivity contribution in [3.05, 3.63) is 52.9 Å². The van der Waals surface area contributed by atoms with Crippen LogP contribution >= 0.6 is 11.3 Å². The van der Waals surface area contributed by atoms with Crippen LogP contribution < -0.4 is 10.1 Å². The minimum Gasteiger partial charge on any atom is -0.479 e. The SMILES string of the molecule is COc1cc(C(C(=O)N2C[C@H](O)C[C@H]2C(=O)NCc2ccc(-c3scnc3C)cc2)C2CC2)on1. The van der Waals surface area contributed by atoms with Crippen LogP contribution in [0, 0.1) is 12.8 Å². The van der Waals surface area contributed by atoms with Gasteiger partial charge in [0.15, 0.2) is 5.76 Å². The standard InChI is InChI=1S/C25H28N4O5S/c1-14-23(35-13-27-14)17-5-3-15(4-6-17)11-26-24(31)19-9-18(30)12-29(19)25(32)22(16-7-8-16)20-10-21(33-2)28-34-20/h3-6,10,13,16,18-19,22,30H,7-9,11-12H2,1-2H3,(H,26,31)/t18-,19+,22?/m1/s1. The molecule has 0 spiro atoms. The topological polar surface area (TPSA) is 118 Å². The number of methoxy groups -OCH3 is 1. The number of β-amino-alcohol motifs (C(OH)–C–C–N with tert-alkyl or cyclic N) is 1. The molecular formula is C25H28N4O5S. The summed E-state index contributed by atoms with van der Waals surface area (Å²) in [7, 11) is 1.49. The molecule has 3 aromatic rings. The summed E-state index contributed by atoms with van der Waals surface area (Å²) < 4.78 is 10.5. The van der Waals surface area contributed by atoms with Crippen LogP contribution in [0.15, 0.2) is 40.4 Å². The van der Waals surface area contributed by atoms with E-state index in [0.29, 0.717) is 18.2 Å². The smallest absolute Gasteiger partial charge is 0.254 e. The van der Waals surface area contributed by atoms with Gasteiger partial charge in [-0.2, -0.15) is 0 Å². The molecule has 2 aliphatic rings. The van der Waals surface area contributed by atoms with Crippen molar-refractivity contribution < 1.29 is 24.0 Å². The Labute approximate surface area is 207 Å². The van der Waals surface area contributed by atoms with Crippen molar-refractivity contribution >= 4 is 23.2 Å². The Morgan fingerprint density at radius 2 is 2.09 bits per heavy atom. The number of nitrogens with one attached hydrogen (secondary N) is 1. The van der Waals surface area contributed by atoms with E-state index in [1.807, 2.05) is 36.7 Å². The number of ether oxygens (including phenoxy) is 1. The van der Waals surface area contributed by atoms with Crippen molar-refractivity contribution in [3.63, 3.8) is 0 Å². The third-order valence-electron chi connectivity index (χ3n) is 6.68. The maximum absolute atomic E-state index is 13.5. The number of amides is 2. The molecule has 3 atom stereocenters. The van der Waals surface area contributed by atoms with E-state index in [-0.39, 0.29) is 30.7 Å². The first-order valence-electron chi connectivity index (χ1n) is 11.7. The zero-order chi connectivity index (χ0) is 24.5. The lowest BCUT2D eigenvalue weighted by Gasteiger charge is -2.27. The lowest BCUT2D eigenvalue weighted by Crippen LogP contribution is -2.47. The Hall–Kier alpha value is -3.24. The van der Waals surface area contributed by atoms with Crippen LogP contribution in [0.2, 0.25) is 0 Å². The van der Waals surface area contributed by atoms with Crippen molar-refractivity contribution in [2.75, 3.05) is 13.7 Å². The molecule has 2 aromatic heterocycles. The Balaban J connectivity index is 1.25. The summed E-state index contributed by atoms with van der Waals surface area (Å²) in [5, 5.41) is 17.1. The number of aliphatic hydroxyl groups excluding tert-OH is 1. The zero-order valence-electron chi connectivity index (χ0n) is 19.6. The third kappa shape index (κ3) is 4.94. The van der Waals surface area contributed by atoms with E-state index in [1.165, 1.54) is 12.0 Å². The Kier molecular flexibility index (Phi) is 6.57. The van der Waals surface area contributed by atoms with E-state index in [2.05, 4.69) is 15.5 Å². The third-order valence-corrected chi connectivity index (χ3v) is 7.65. The molecule has 5 rings (SSSR count). The number of carbonyl (C=O) groups is 2. The summed E-state index contributed by atoms with van der Waals surface area (Å²) >= 11 is 1.60. The summed E-state index contributed by atoms with van der Waals surface area (Å²) in [6.45, 7) is 2.44. The number of aliphatic hydroxyl groups is 1. The van der Waals surface area contributed by atoms with Crippen molar-refractivity contribution in [1.82, 2.24) is 20.4 Å². The van der Waals surface area contributed by atoms with E-state index < -0.39 is 18.1 Å². The van der Waals surface area contributed by atoms with E-state index in [9.17, 15) is 14.7 Å². The number of hydrogen-bond donors (Lipinski definition) is 2. The van der Waals surface area contributed by atoms with Gasteiger partial charge < -0.3 is 24.6 Å². The van der Waals surface area contributed by atoms with Crippen molar-refractivity contribution in [2.45, 2.75) is 50.8 Å². The quantitative estimate of drug-likeness (QED) is 0.492. The second kappa shape index (κ2) is 9.79. The fourth-order valence-electron chi connectivity index (χ4n) is 4.64. The average Bonchev–Trinajstić information content (AvgIpc) is 3.23. The highest BCUT2D eigenvalue weighted by atomic mass is 32.1. The van der Waals surface area contributed by atoms with E-state index >= 15 is 0 Å². The van der Waals surface area contributed by atoms with Gasteiger partial charge in [0.05, 0.1) is 29.3 Å². The van der Waals surface area contributed by atoms with Crippen molar-refractivity contribution in [2.24, 2.45) is 5.92 Å². The van der Waals surface area contributed by atoms with Gasteiger partial charge in [0.25, 0.3) is 5.88 Å². The van der Waals surface area contributed by atoms with Gasteiger partial charge in [0, 0.05) is 25.6 Å². The van der Waals surface area contributed by atoms with Crippen LogP contribution in [0.1, 0.15) is 42.2 Å². The Morgan fingerprint density at radius 3 is 2.71 bits per heavy atom. The minimum absolute atomic E-state index is 0.119. The fraction of sp³-hybridized carbons (Fsp3) is 0.440. The van der Waals surface area contributed by atoms with Gasteiger partial charge in [-0.15, -0.1) is 11.3 Å². The summed E-state index contributed by atoms with van der Waals surface area (Å²) in [5.74, 6) is -0.136. The molecule has 184 valence electrons. The summed E-state index contributed by atoms with van der Waals surface area (Å²) in [6, 6.07) is 8.87. The van der Waals surface area contributed by atoms with Crippen molar-refractivity contribution in [1.29, 1.82) is 0 Å². The molecule has 0 radical (unpaired) electrons. The van der Waals surface area contributed by atoms with Crippen LogP contribution in [0.25, 0.3) is 10.4 Å². The highest BCUT2D eigenvalue weighted by molar-refractivity contribution is 7.13. The molecule has 1 unspecified atom stereocenters. The molecule has 1 saturated carbocycles. The maximum Gasteiger partial charge on any atom is 0.254 e. The lowest BCUT2D eigenvalue weighted by molar-refractivity contribution is -0.140. The number of thiazole rings is 1. The Morgan fingerprint density at radius 1 is 1.31 bits per heavy atom. The molecule has 2 N–H and O–H groups in total. The van der Waals surface area contributed by atoms with Crippen LogP contribution in [-0.4, -0.2) is 57.8 Å². The molecule has 3 heterocycles. The highest BCUT2D eigenvalue weighted by Crippen LogP contribution is 2.45. The molecule has 35 heavy (non-hydrogen) atoms. The van der Waals surface area contributed by atoms with Crippen molar-refractivity contribution in [3.8, 4) is 16.3 Å².